The molecule has 0 N–H and O–H groups in total. The summed E-state index contributed by atoms with van der Waals surface area (Å²) in [5, 5.41) is 9.95. The van der Waals surface area contributed by atoms with Crippen LogP contribution in [0.15, 0.2) is 35.5 Å². The molecule has 2 aromatic heterocycles. The van der Waals surface area contributed by atoms with Crippen LogP contribution < -0.4 is 0 Å². The number of carbonyl (C=O) groups excluding carboxylic acids is 1. The van der Waals surface area contributed by atoms with E-state index in [1.807, 2.05) is 36.9 Å². The molecule has 1 saturated heterocycles. The topological polar surface area (TPSA) is 76.8 Å². The molecule has 7 nitrogen and oxygen atoms in total. The molecule has 3 heterocycles. The van der Waals surface area contributed by atoms with E-state index >= 15 is 0 Å². The third kappa shape index (κ3) is 4.91. The summed E-state index contributed by atoms with van der Waals surface area (Å²) in [7, 11) is 0. The Labute approximate surface area is 191 Å². The van der Waals surface area contributed by atoms with Crippen molar-refractivity contribution in [2.24, 2.45) is 0 Å². The lowest BCUT2D eigenvalue weighted by atomic mass is 10.0. The second kappa shape index (κ2) is 9.36. The normalized spacial score (nSPS) is 16.5. The minimum absolute atomic E-state index is 0.0654. The smallest absolute Gasteiger partial charge is 0.276 e. The van der Waals surface area contributed by atoms with Crippen LogP contribution in [0.5, 0.6) is 0 Å². The van der Waals surface area contributed by atoms with Gasteiger partial charge in [0, 0.05) is 34.7 Å². The largest absolute Gasteiger partial charge is 0.334 e. The van der Waals surface area contributed by atoms with Crippen molar-refractivity contribution in [2.45, 2.75) is 57.0 Å². The zero-order chi connectivity index (χ0) is 22.0. The molecule has 0 spiro atoms. The van der Waals surface area contributed by atoms with Crippen LogP contribution in [-0.2, 0) is 5.75 Å². The van der Waals surface area contributed by atoms with Gasteiger partial charge in [-0.2, -0.15) is 0 Å². The first-order valence-corrected chi connectivity index (χ1v) is 11.8. The Morgan fingerprint density at radius 3 is 2.55 bits per heavy atom. The highest BCUT2D eigenvalue weighted by Crippen LogP contribution is 2.26. The van der Waals surface area contributed by atoms with Gasteiger partial charge in [0.25, 0.3) is 5.91 Å². The molecular weight excluding hydrogens is 432 g/mol. The molecule has 1 atom stereocenters. The lowest BCUT2D eigenvalue weighted by Crippen LogP contribution is -2.42. The highest BCUT2D eigenvalue weighted by molar-refractivity contribution is 7.98. The Hall–Kier alpha value is -2.45. The quantitative estimate of drug-likeness (QED) is 0.411. The lowest BCUT2D eigenvalue weighted by Gasteiger charge is -2.33. The number of piperidine rings is 1. The second-order valence-corrected chi connectivity index (χ2v) is 9.22. The number of hydrogen-bond donors (Lipinski definition) is 0. The summed E-state index contributed by atoms with van der Waals surface area (Å²) in [6.45, 7) is 6.74. The minimum atomic E-state index is -0.0654. The van der Waals surface area contributed by atoms with Crippen molar-refractivity contribution >= 4 is 29.3 Å². The Morgan fingerprint density at radius 2 is 1.87 bits per heavy atom. The fraction of sp³-hybridized carbons (Fsp3) is 0.409. The number of carbonyl (C=O) groups is 1. The van der Waals surface area contributed by atoms with Crippen molar-refractivity contribution in [3.8, 4) is 5.69 Å². The number of aromatic nitrogens is 5. The summed E-state index contributed by atoms with van der Waals surface area (Å²) in [5.74, 6) is 0.409. The minimum Gasteiger partial charge on any atom is -0.334 e. The van der Waals surface area contributed by atoms with Crippen LogP contribution in [0.3, 0.4) is 0 Å². The van der Waals surface area contributed by atoms with E-state index < -0.39 is 0 Å². The molecule has 1 fully saturated rings. The molecule has 1 aliphatic rings. The maximum absolute atomic E-state index is 13.4. The van der Waals surface area contributed by atoms with Gasteiger partial charge in [0.1, 0.15) is 0 Å². The molecule has 0 aliphatic carbocycles. The number of halogens is 1. The van der Waals surface area contributed by atoms with Gasteiger partial charge in [-0.05, 0) is 70.4 Å². The zero-order valence-corrected chi connectivity index (χ0v) is 19.4. The molecule has 0 bridgehead atoms. The average molecular weight is 457 g/mol. The predicted octanol–water partition coefficient (Wildman–Crippen LogP) is 4.63. The van der Waals surface area contributed by atoms with E-state index in [1.165, 1.54) is 11.8 Å². The van der Waals surface area contributed by atoms with Crippen molar-refractivity contribution in [1.82, 2.24) is 29.9 Å². The molecule has 31 heavy (non-hydrogen) atoms. The van der Waals surface area contributed by atoms with Gasteiger partial charge in [0.05, 0.1) is 11.4 Å². The Balaban J connectivity index is 1.69. The first kappa shape index (κ1) is 21.8. The first-order chi connectivity index (χ1) is 14.9. The Kier molecular flexibility index (Phi) is 6.57. The fourth-order valence-electron chi connectivity index (χ4n) is 3.81. The van der Waals surface area contributed by atoms with Crippen LogP contribution >= 0.6 is 23.4 Å². The Morgan fingerprint density at radius 1 is 1.16 bits per heavy atom. The van der Waals surface area contributed by atoms with Crippen LogP contribution in [0.4, 0.5) is 0 Å². The number of aryl methyl sites for hydroxylation is 2. The third-order valence-corrected chi connectivity index (χ3v) is 6.51. The SMILES string of the molecule is Cc1cc(C)nc(SCc2c(C(=O)N3CCCCC3C)nnn2-c2ccc(Cl)cc2)n1. The van der Waals surface area contributed by atoms with E-state index in [1.54, 1.807) is 16.8 Å². The number of benzene rings is 1. The summed E-state index contributed by atoms with van der Waals surface area (Å²) in [6, 6.07) is 9.49. The van der Waals surface area contributed by atoms with Crippen molar-refractivity contribution < 1.29 is 4.79 Å². The van der Waals surface area contributed by atoms with Gasteiger partial charge in [-0.15, -0.1) is 5.10 Å². The van der Waals surface area contributed by atoms with Crippen molar-refractivity contribution in [2.75, 3.05) is 6.54 Å². The summed E-state index contributed by atoms with van der Waals surface area (Å²) < 4.78 is 1.72. The van der Waals surface area contributed by atoms with Crippen LogP contribution in [-0.4, -0.2) is 48.4 Å². The molecule has 0 saturated carbocycles. The van der Waals surface area contributed by atoms with E-state index in [9.17, 15) is 4.79 Å². The predicted molar refractivity (Wildman–Crippen MR) is 122 cm³/mol. The van der Waals surface area contributed by atoms with Crippen LogP contribution in [0.25, 0.3) is 5.69 Å². The number of nitrogens with zero attached hydrogens (tertiary/aromatic N) is 6. The lowest BCUT2D eigenvalue weighted by molar-refractivity contribution is 0.0628. The van der Waals surface area contributed by atoms with E-state index in [0.717, 1.165) is 48.6 Å². The van der Waals surface area contributed by atoms with Gasteiger partial charge in [0.2, 0.25) is 0 Å². The molecule has 9 heteroatoms. The van der Waals surface area contributed by atoms with Crippen molar-refractivity contribution in [3.05, 3.63) is 58.1 Å². The maximum Gasteiger partial charge on any atom is 0.276 e. The van der Waals surface area contributed by atoms with Gasteiger partial charge < -0.3 is 4.90 Å². The number of hydrogen-bond acceptors (Lipinski definition) is 6. The first-order valence-electron chi connectivity index (χ1n) is 10.4. The maximum atomic E-state index is 13.4. The average Bonchev–Trinajstić information content (AvgIpc) is 3.16. The molecule has 1 aromatic carbocycles. The van der Waals surface area contributed by atoms with E-state index in [0.29, 0.717) is 21.6 Å². The standard InChI is InChI=1S/C22H25ClN6OS/c1-14-12-15(2)25-22(24-14)31-13-19-20(21(30)28-11-5-4-6-16(28)3)26-27-29(19)18-9-7-17(23)8-10-18/h7-10,12,16H,4-6,11,13H2,1-3H3. The summed E-state index contributed by atoms with van der Waals surface area (Å²) in [4.78, 5) is 24.3. The highest BCUT2D eigenvalue weighted by Gasteiger charge is 2.29. The van der Waals surface area contributed by atoms with Crippen LogP contribution in [0.1, 0.15) is 53.8 Å². The summed E-state index contributed by atoms with van der Waals surface area (Å²) in [6.07, 6.45) is 3.18. The molecular formula is C22H25ClN6OS. The monoisotopic (exact) mass is 456 g/mol. The molecule has 4 rings (SSSR count). The molecule has 3 aromatic rings. The molecule has 0 radical (unpaired) electrons. The van der Waals surface area contributed by atoms with Gasteiger partial charge in [-0.25, -0.2) is 14.6 Å². The Bertz CT molecular complexity index is 1060. The van der Waals surface area contributed by atoms with Crippen LogP contribution in [0, 0.1) is 13.8 Å². The van der Waals surface area contributed by atoms with Gasteiger partial charge in [-0.3, -0.25) is 4.79 Å². The summed E-state index contributed by atoms with van der Waals surface area (Å²) >= 11 is 7.53. The van der Waals surface area contributed by atoms with Crippen LogP contribution in [0.2, 0.25) is 5.02 Å². The van der Waals surface area contributed by atoms with Gasteiger partial charge in [0.15, 0.2) is 10.9 Å². The van der Waals surface area contributed by atoms with E-state index in [4.69, 9.17) is 11.6 Å². The van der Waals surface area contributed by atoms with Crippen molar-refractivity contribution in [1.29, 1.82) is 0 Å². The summed E-state index contributed by atoms with van der Waals surface area (Å²) in [5.41, 5.74) is 3.76. The molecule has 1 aliphatic heterocycles. The van der Waals surface area contributed by atoms with E-state index in [2.05, 4.69) is 27.2 Å². The van der Waals surface area contributed by atoms with Crippen molar-refractivity contribution in [3.63, 3.8) is 0 Å². The highest BCUT2D eigenvalue weighted by atomic mass is 35.5. The van der Waals surface area contributed by atoms with Gasteiger partial charge in [-0.1, -0.05) is 28.6 Å². The number of thioether (sulfide) groups is 1. The number of amides is 1. The second-order valence-electron chi connectivity index (χ2n) is 7.84. The van der Waals surface area contributed by atoms with Gasteiger partial charge >= 0.3 is 0 Å². The number of rotatable bonds is 5. The fourth-order valence-corrected chi connectivity index (χ4v) is 4.88. The van der Waals surface area contributed by atoms with E-state index in [-0.39, 0.29) is 11.9 Å². The number of likely N-dealkylation sites (tertiary alicyclic amines) is 1. The molecule has 162 valence electrons. The molecule has 1 unspecified atom stereocenters. The zero-order valence-electron chi connectivity index (χ0n) is 17.9. The molecule has 1 amide bonds. The third-order valence-electron chi connectivity index (χ3n) is 5.40.